The van der Waals surface area contributed by atoms with Crippen LogP contribution >= 0.6 is 0 Å². The molecule has 1 aromatic rings. The average Bonchev–Trinajstić information content (AvgIpc) is 3.10. The van der Waals surface area contributed by atoms with Gasteiger partial charge in [-0.25, -0.2) is 4.99 Å². The number of nitrogens with zero attached hydrogens (tertiary/aromatic N) is 1. The van der Waals surface area contributed by atoms with Crippen LogP contribution < -0.4 is 20.1 Å². The van der Waals surface area contributed by atoms with E-state index in [1.807, 2.05) is 24.3 Å². The van der Waals surface area contributed by atoms with Crippen LogP contribution in [0.25, 0.3) is 0 Å². The van der Waals surface area contributed by atoms with E-state index in [0.717, 1.165) is 37.0 Å². The van der Waals surface area contributed by atoms with Gasteiger partial charge in [0.25, 0.3) is 0 Å². The molecule has 0 aromatic heterocycles. The van der Waals surface area contributed by atoms with E-state index in [2.05, 4.69) is 36.4 Å². The van der Waals surface area contributed by atoms with Crippen molar-refractivity contribution in [3.63, 3.8) is 0 Å². The van der Waals surface area contributed by atoms with Crippen molar-refractivity contribution in [2.45, 2.75) is 39.3 Å². The lowest BCUT2D eigenvalue weighted by Gasteiger charge is -2.54. The van der Waals surface area contributed by atoms with Gasteiger partial charge in [-0.1, -0.05) is 13.8 Å². The first kappa shape index (κ1) is 18.8. The molecular formula is C20H31N3O3. The highest BCUT2D eigenvalue weighted by atomic mass is 16.5. The molecule has 1 aliphatic heterocycles. The van der Waals surface area contributed by atoms with Crippen molar-refractivity contribution in [1.82, 2.24) is 10.6 Å². The van der Waals surface area contributed by atoms with E-state index in [-0.39, 0.29) is 5.41 Å². The summed E-state index contributed by atoms with van der Waals surface area (Å²) in [4.78, 5) is 4.67. The topological polar surface area (TPSA) is 64.1 Å². The third-order valence-electron chi connectivity index (χ3n) is 5.43. The molecular weight excluding hydrogens is 330 g/mol. The molecule has 0 amide bonds. The molecule has 2 fully saturated rings. The highest BCUT2D eigenvalue weighted by Gasteiger charge is 2.59. The summed E-state index contributed by atoms with van der Waals surface area (Å²) in [7, 11) is 1.66. The van der Waals surface area contributed by atoms with E-state index >= 15 is 0 Å². The zero-order valence-corrected chi connectivity index (χ0v) is 16.2. The van der Waals surface area contributed by atoms with Gasteiger partial charge in [0.1, 0.15) is 18.1 Å². The number of fused-ring (bicyclic) bond motifs is 1. The number of guanidine groups is 1. The molecule has 6 nitrogen and oxygen atoms in total. The van der Waals surface area contributed by atoms with E-state index in [0.29, 0.717) is 31.2 Å². The Hall–Kier alpha value is -1.95. The molecule has 0 spiro atoms. The summed E-state index contributed by atoms with van der Waals surface area (Å²) >= 11 is 0. The highest BCUT2D eigenvalue weighted by Crippen LogP contribution is 2.52. The molecule has 0 radical (unpaired) electrons. The SMILES string of the molecule is CCNC(=NCCOc1ccc(OC)cc1)NC1C2CCOC2C1(C)C. The molecule has 2 N–H and O–H groups in total. The fourth-order valence-corrected chi connectivity index (χ4v) is 4.08. The molecule has 2 aliphatic rings. The quantitative estimate of drug-likeness (QED) is 0.444. The predicted octanol–water partition coefficient (Wildman–Crippen LogP) is 2.44. The minimum absolute atomic E-state index is 0.136. The molecule has 1 heterocycles. The third-order valence-corrected chi connectivity index (χ3v) is 5.43. The van der Waals surface area contributed by atoms with Crippen molar-refractivity contribution in [2.24, 2.45) is 16.3 Å². The van der Waals surface area contributed by atoms with Gasteiger partial charge in [-0.05, 0) is 37.6 Å². The zero-order valence-electron chi connectivity index (χ0n) is 16.2. The number of benzene rings is 1. The molecule has 3 unspecified atom stereocenters. The summed E-state index contributed by atoms with van der Waals surface area (Å²) in [6.45, 7) is 9.47. The Kier molecular flexibility index (Phi) is 5.91. The number of hydrogen-bond acceptors (Lipinski definition) is 4. The maximum Gasteiger partial charge on any atom is 0.191 e. The monoisotopic (exact) mass is 361 g/mol. The second-order valence-electron chi connectivity index (χ2n) is 7.47. The van der Waals surface area contributed by atoms with Gasteiger partial charge in [0.05, 0.1) is 19.8 Å². The van der Waals surface area contributed by atoms with E-state index in [9.17, 15) is 0 Å². The van der Waals surface area contributed by atoms with Crippen LogP contribution in [0.1, 0.15) is 27.2 Å². The summed E-state index contributed by atoms with van der Waals surface area (Å²) < 4.78 is 16.8. The maximum absolute atomic E-state index is 5.87. The molecule has 3 rings (SSSR count). The number of hydrogen-bond donors (Lipinski definition) is 2. The summed E-state index contributed by atoms with van der Waals surface area (Å²) in [5.41, 5.74) is 0.136. The third kappa shape index (κ3) is 3.90. The molecule has 0 bridgehead atoms. The van der Waals surface area contributed by atoms with Crippen LogP contribution in [0.15, 0.2) is 29.3 Å². The first-order valence-electron chi connectivity index (χ1n) is 9.49. The summed E-state index contributed by atoms with van der Waals surface area (Å²) in [6, 6.07) is 7.99. The smallest absolute Gasteiger partial charge is 0.191 e. The Morgan fingerprint density at radius 2 is 2.00 bits per heavy atom. The summed E-state index contributed by atoms with van der Waals surface area (Å²) in [5.74, 6) is 3.09. The lowest BCUT2D eigenvalue weighted by atomic mass is 9.57. The molecule has 1 aliphatic carbocycles. The lowest BCUT2D eigenvalue weighted by molar-refractivity contribution is -0.106. The van der Waals surface area contributed by atoms with Crippen molar-refractivity contribution < 1.29 is 14.2 Å². The van der Waals surface area contributed by atoms with Crippen LogP contribution in [0, 0.1) is 11.3 Å². The van der Waals surface area contributed by atoms with Crippen LogP contribution in [0.3, 0.4) is 0 Å². The summed E-state index contributed by atoms with van der Waals surface area (Å²) in [5, 5.41) is 6.96. The number of methoxy groups -OCH3 is 1. The molecule has 3 atom stereocenters. The van der Waals surface area contributed by atoms with E-state index in [1.54, 1.807) is 7.11 Å². The van der Waals surface area contributed by atoms with Crippen molar-refractivity contribution in [3.05, 3.63) is 24.3 Å². The van der Waals surface area contributed by atoms with E-state index in [4.69, 9.17) is 14.2 Å². The first-order valence-corrected chi connectivity index (χ1v) is 9.49. The average molecular weight is 361 g/mol. The zero-order chi connectivity index (χ0) is 18.6. The van der Waals surface area contributed by atoms with Gasteiger partial charge in [-0.3, -0.25) is 0 Å². The van der Waals surface area contributed by atoms with Crippen LogP contribution in [-0.2, 0) is 4.74 Å². The van der Waals surface area contributed by atoms with E-state index < -0.39 is 0 Å². The standard InChI is InChI=1S/C20H31N3O3/c1-5-21-19(23-17-16-10-12-26-18(16)20(17,2)3)22-11-13-25-15-8-6-14(24-4)7-9-15/h6-9,16-18H,5,10-13H2,1-4H3,(H2,21,22,23). The van der Waals surface area contributed by atoms with Crippen LogP contribution in [0.5, 0.6) is 11.5 Å². The Bertz CT molecular complexity index is 615. The normalized spacial score (nSPS) is 26.6. The number of nitrogens with one attached hydrogen (secondary N) is 2. The molecule has 1 aromatic carbocycles. The number of rotatable bonds is 7. The van der Waals surface area contributed by atoms with Crippen molar-refractivity contribution >= 4 is 5.96 Å². The van der Waals surface area contributed by atoms with Crippen LogP contribution in [-0.4, -0.2) is 51.5 Å². The molecule has 1 saturated heterocycles. The Labute approximate surface area is 156 Å². The molecule has 1 saturated carbocycles. The van der Waals surface area contributed by atoms with Crippen LogP contribution in [0.4, 0.5) is 0 Å². The van der Waals surface area contributed by atoms with Gasteiger partial charge < -0.3 is 24.8 Å². The minimum atomic E-state index is 0.136. The van der Waals surface area contributed by atoms with E-state index in [1.165, 1.54) is 0 Å². The Morgan fingerprint density at radius 3 is 2.69 bits per heavy atom. The second-order valence-corrected chi connectivity index (χ2v) is 7.47. The van der Waals surface area contributed by atoms with Crippen LogP contribution in [0.2, 0.25) is 0 Å². The van der Waals surface area contributed by atoms with Crippen molar-refractivity contribution in [2.75, 3.05) is 33.4 Å². The van der Waals surface area contributed by atoms with Crippen molar-refractivity contribution in [1.29, 1.82) is 0 Å². The number of ether oxygens (including phenoxy) is 3. The Morgan fingerprint density at radius 1 is 1.27 bits per heavy atom. The van der Waals surface area contributed by atoms with Gasteiger partial charge in [-0.15, -0.1) is 0 Å². The van der Waals surface area contributed by atoms with Gasteiger partial charge >= 0.3 is 0 Å². The van der Waals surface area contributed by atoms with Gasteiger partial charge in [-0.2, -0.15) is 0 Å². The highest BCUT2D eigenvalue weighted by molar-refractivity contribution is 5.80. The van der Waals surface area contributed by atoms with Gasteiger partial charge in [0.15, 0.2) is 5.96 Å². The largest absolute Gasteiger partial charge is 0.497 e. The second kappa shape index (κ2) is 8.16. The van der Waals surface area contributed by atoms with Gasteiger partial charge in [0.2, 0.25) is 0 Å². The first-order chi connectivity index (χ1) is 12.6. The predicted molar refractivity (Wildman–Crippen MR) is 103 cm³/mol. The molecule has 26 heavy (non-hydrogen) atoms. The van der Waals surface area contributed by atoms with Crippen molar-refractivity contribution in [3.8, 4) is 11.5 Å². The Balaban J connectivity index is 1.50. The molecule has 144 valence electrons. The number of aliphatic imine (C=N–C) groups is 1. The lowest BCUT2D eigenvalue weighted by Crippen LogP contribution is -2.68. The minimum Gasteiger partial charge on any atom is -0.497 e. The molecule has 6 heteroatoms. The fourth-order valence-electron chi connectivity index (χ4n) is 4.08. The summed E-state index contributed by atoms with van der Waals surface area (Å²) in [6.07, 6.45) is 1.51. The van der Waals surface area contributed by atoms with Gasteiger partial charge in [0, 0.05) is 30.5 Å². The fraction of sp³-hybridized carbons (Fsp3) is 0.650. The maximum atomic E-state index is 5.87.